The van der Waals surface area contributed by atoms with Gasteiger partial charge in [0.25, 0.3) is 0 Å². The van der Waals surface area contributed by atoms with Gasteiger partial charge in [-0.3, -0.25) is 4.79 Å². The molecule has 0 spiro atoms. The number of primary amides is 1. The summed E-state index contributed by atoms with van der Waals surface area (Å²) in [6.45, 7) is 0. The highest BCUT2D eigenvalue weighted by atomic mass is 127. The minimum atomic E-state index is -0.652. The van der Waals surface area contributed by atoms with E-state index in [9.17, 15) is 9.18 Å². The molecule has 1 aromatic carbocycles. The van der Waals surface area contributed by atoms with Crippen LogP contribution >= 0.6 is 46.6 Å². The number of hydrogen-bond acceptors (Lipinski definition) is 5. The molecule has 0 radical (unpaired) electrons. The zero-order valence-electron chi connectivity index (χ0n) is 16.1. The highest BCUT2D eigenvalue weighted by Crippen LogP contribution is 2.41. The third-order valence-electron chi connectivity index (χ3n) is 5.03. The van der Waals surface area contributed by atoms with Crippen molar-refractivity contribution in [3.63, 3.8) is 0 Å². The minimum absolute atomic E-state index is 0. The fourth-order valence-corrected chi connectivity index (χ4v) is 4.38. The molecule has 3 N–H and O–H groups in total. The van der Waals surface area contributed by atoms with Gasteiger partial charge < -0.3 is 16.0 Å². The van der Waals surface area contributed by atoms with Crippen molar-refractivity contribution >= 4 is 64.3 Å². The van der Waals surface area contributed by atoms with Gasteiger partial charge in [-0.15, -0.1) is 12.4 Å². The molecule has 158 valence electrons. The first-order chi connectivity index (χ1) is 13.3. The van der Waals surface area contributed by atoms with Crippen LogP contribution in [0.1, 0.15) is 47.5 Å². The quantitative estimate of drug-likeness (QED) is 0.417. The van der Waals surface area contributed by atoms with Gasteiger partial charge in [-0.05, 0) is 71.9 Å². The van der Waals surface area contributed by atoms with E-state index in [0.717, 1.165) is 31.5 Å². The average molecular weight is 554 g/mol. The summed E-state index contributed by atoms with van der Waals surface area (Å²) in [5.41, 5.74) is 6.33. The van der Waals surface area contributed by atoms with Crippen LogP contribution in [-0.4, -0.2) is 36.0 Å². The summed E-state index contributed by atoms with van der Waals surface area (Å²) in [7, 11) is 3.86. The Morgan fingerprint density at radius 3 is 2.59 bits per heavy atom. The van der Waals surface area contributed by atoms with E-state index in [0.29, 0.717) is 20.1 Å². The Morgan fingerprint density at radius 1 is 1.34 bits per heavy atom. The van der Waals surface area contributed by atoms with Crippen LogP contribution in [0.4, 0.5) is 16.2 Å². The maximum atomic E-state index is 14.0. The van der Waals surface area contributed by atoms with Crippen LogP contribution in [0.15, 0.2) is 18.3 Å². The molecule has 1 amide bonds. The number of amides is 1. The summed E-state index contributed by atoms with van der Waals surface area (Å²) in [5, 5.41) is 3.68. The second kappa shape index (κ2) is 10.1. The Bertz CT molecular complexity index is 891. The predicted molar refractivity (Wildman–Crippen MR) is 125 cm³/mol. The van der Waals surface area contributed by atoms with Crippen molar-refractivity contribution in [2.45, 2.75) is 37.6 Å². The molecular weight excluding hydrogens is 531 g/mol. The fraction of sp³-hybridized carbons (Fsp3) is 0.421. The molecule has 1 fully saturated rings. The van der Waals surface area contributed by atoms with Crippen LogP contribution in [0.3, 0.4) is 0 Å². The summed E-state index contributed by atoms with van der Waals surface area (Å²) in [6.07, 6.45) is 5.08. The van der Waals surface area contributed by atoms with Crippen LogP contribution in [0.2, 0.25) is 5.02 Å². The van der Waals surface area contributed by atoms with Crippen molar-refractivity contribution in [3.8, 4) is 0 Å². The van der Waals surface area contributed by atoms with E-state index in [1.54, 1.807) is 6.20 Å². The smallest absolute Gasteiger partial charge is 0.249 e. The Labute approximate surface area is 194 Å². The molecule has 6 nitrogen and oxygen atoms in total. The number of nitrogens with one attached hydrogen (secondary N) is 1. The SMILES string of the molecule is CN(C)c1ccnc(NC2CCC(c3c(C(N)=O)cc(F)c(I)c3Cl)CC2)n1.Cl. The van der Waals surface area contributed by atoms with Crippen molar-refractivity contribution < 1.29 is 9.18 Å². The van der Waals surface area contributed by atoms with Gasteiger partial charge in [-0.25, -0.2) is 9.37 Å². The molecular formula is C19H23Cl2FIN5O. The third-order valence-corrected chi connectivity index (χ3v) is 6.80. The molecule has 1 heterocycles. The maximum absolute atomic E-state index is 14.0. The van der Waals surface area contributed by atoms with Crippen LogP contribution in [0.25, 0.3) is 0 Å². The van der Waals surface area contributed by atoms with Gasteiger partial charge in [-0.1, -0.05) is 11.6 Å². The molecule has 3 rings (SSSR count). The lowest BCUT2D eigenvalue weighted by atomic mass is 9.80. The summed E-state index contributed by atoms with van der Waals surface area (Å²) in [6, 6.07) is 3.28. The number of aromatic nitrogens is 2. The summed E-state index contributed by atoms with van der Waals surface area (Å²) in [4.78, 5) is 22.5. The van der Waals surface area contributed by atoms with Gasteiger partial charge in [-0.2, -0.15) is 4.98 Å². The molecule has 1 aliphatic carbocycles. The molecule has 2 aromatic rings. The van der Waals surface area contributed by atoms with Crippen molar-refractivity contribution in [2.24, 2.45) is 5.73 Å². The fourth-order valence-electron chi connectivity index (χ4n) is 3.59. The lowest BCUT2D eigenvalue weighted by Gasteiger charge is -2.31. The van der Waals surface area contributed by atoms with Gasteiger partial charge >= 0.3 is 0 Å². The Kier molecular flexibility index (Phi) is 8.30. The molecule has 1 saturated carbocycles. The van der Waals surface area contributed by atoms with E-state index < -0.39 is 11.7 Å². The Hall–Kier alpha value is -1.39. The molecule has 1 aromatic heterocycles. The monoisotopic (exact) mass is 553 g/mol. The molecule has 0 bridgehead atoms. The number of benzene rings is 1. The highest BCUT2D eigenvalue weighted by molar-refractivity contribution is 14.1. The maximum Gasteiger partial charge on any atom is 0.249 e. The lowest BCUT2D eigenvalue weighted by molar-refractivity contribution is 0.0998. The molecule has 29 heavy (non-hydrogen) atoms. The first-order valence-corrected chi connectivity index (χ1v) is 10.5. The number of nitrogens with two attached hydrogens (primary N) is 1. The molecule has 0 atom stereocenters. The predicted octanol–water partition coefficient (Wildman–Crippen LogP) is 4.60. The van der Waals surface area contributed by atoms with Crippen LogP contribution in [0.5, 0.6) is 0 Å². The van der Waals surface area contributed by atoms with E-state index >= 15 is 0 Å². The number of halogens is 4. The Morgan fingerprint density at radius 2 is 2.00 bits per heavy atom. The summed E-state index contributed by atoms with van der Waals surface area (Å²) < 4.78 is 14.3. The van der Waals surface area contributed by atoms with E-state index in [1.807, 2.05) is 47.7 Å². The number of carbonyl (C=O) groups excluding carboxylic acids is 1. The molecule has 0 unspecified atom stereocenters. The largest absolute Gasteiger partial charge is 0.366 e. The van der Waals surface area contributed by atoms with Crippen molar-refractivity contribution in [1.29, 1.82) is 0 Å². The van der Waals surface area contributed by atoms with E-state index in [1.165, 1.54) is 6.07 Å². The second-order valence-electron chi connectivity index (χ2n) is 7.14. The second-order valence-corrected chi connectivity index (χ2v) is 8.59. The van der Waals surface area contributed by atoms with Gasteiger partial charge in [0.05, 0.1) is 8.59 Å². The van der Waals surface area contributed by atoms with Crippen LogP contribution < -0.4 is 16.0 Å². The number of anilines is 2. The zero-order valence-corrected chi connectivity index (χ0v) is 19.8. The van der Waals surface area contributed by atoms with Crippen molar-refractivity contribution in [2.75, 3.05) is 24.3 Å². The zero-order chi connectivity index (χ0) is 20.4. The van der Waals surface area contributed by atoms with Gasteiger partial charge in [0, 0.05) is 31.9 Å². The summed E-state index contributed by atoms with van der Waals surface area (Å²) >= 11 is 8.26. The molecule has 0 saturated heterocycles. The van der Waals surface area contributed by atoms with Crippen LogP contribution in [0, 0.1) is 9.39 Å². The topological polar surface area (TPSA) is 84.1 Å². The molecule has 1 aliphatic rings. The minimum Gasteiger partial charge on any atom is -0.366 e. The lowest BCUT2D eigenvalue weighted by Crippen LogP contribution is -2.28. The van der Waals surface area contributed by atoms with E-state index in [4.69, 9.17) is 17.3 Å². The molecule has 0 aliphatic heterocycles. The van der Waals surface area contributed by atoms with Crippen molar-refractivity contribution in [1.82, 2.24) is 9.97 Å². The van der Waals surface area contributed by atoms with Gasteiger partial charge in [0.1, 0.15) is 11.6 Å². The summed E-state index contributed by atoms with van der Waals surface area (Å²) in [5.74, 6) is 0.334. The Balaban J connectivity index is 0.00000300. The van der Waals surface area contributed by atoms with E-state index in [-0.39, 0.29) is 29.9 Å². The number of carbonyl (C=O) groups is 1. The third kappa shape index (κ3) is 5.40. The van der Waals surface area contributed by atoms with Crippen molar-refractivity contribution in [3.05, 3.63) is 43.9 Å². The molecule has 10 heteroatoms. The van der Waals surface area contributed by atoms with Gasteiger partial charge in [0.15, 0.2) is 0 Å². The standard InChI is InChI=1S/C19H22ClFIN5O.ClH/c1-27(2)14-7-8-24-19(26-14)25-11-5-3-10(4-6-11)15-12(18(23)28)9-13(21)17(22)16(15)20;/h7-11H,3-6H2,1-2H3,(H2,23,28)(H,24,25,26);1H. The number of hydrogen-bond donors (Lipinski definition) is 2. The van der Waals surface area contributed by atoms with E-state index in [2.05, 4.69) is 15.3 Å². The highest BCUT2D eigenvalue weighted by Gasteiger charge is 2.29. The first kappa shape index (κ1) is 23.9. The number of rotatable bonds is 5. The normalized spacial score (nSPS) is 18.7. The number of nitrogens with zero attached hydrogens (tertiary/aromatic N) is 3. The van der Waals surface area contributed by atoms with Gasteiger partial charge in [0.2, 0.25) is 11.9 Å². The van der Waals surface area contributed by atoms with Crippen LogP contribution in [-0.2, 0) is 0 Å². The average Bonchev–Trinajstić information content (AvgIpc) is 2.67. The first-order valence-electron chi connectivity index (χ1n) is 9.02.